The lowest BCUT2D eigenvalue weighted by Gasteiger charge is -2.20. The smallest absolute Gasteiger partial charge is 0.123 e. The summed E-state index contributed by atoms with van der Waals surface area (Å²) < 4.78 is 14.0. The lowest BCUT2D eigenvalue weighted by Crippen LogP contribution is -2.37. The first kappa shape index (κ1) is 15.6. The van der Waals surface area contributed by atoms with Gasteiger partial charge in [0.1, 0.15) is 5.82 Å². The number of rotatable bonds is 6. The minimum atomic E-state index is -0.190. The van der Waals surface area contributed by atoms with Crippen molar-refractivity contribution in [1.82, 2.24) is 10.6 Å². The SMILES string of the molecule is CC(C)(C)NCCCNCc1cc(F)ccc1Br. The van der Waals surface area contributed by atoms with E-state index in [0.717, 1.165) is 29.5 Å². The minimum absolute atomic E-state index is 0.172. The van der Waals surface area contributed by atoms with Crippen LogP contribution in [0.2, 0.25) is 0 Å². The van der Waals surface area contributed by atoms with Crippen LogP contribution in [0.3, 0.4) is 0 Å². The van der Waals surface area contributed by atoms with Crippen molar-refractivity contribution in [2.45, 2.75) is 39.3 Å². The van der Waals surface area contributed by atoms with E-state index in [1.54, 1.807) is 12.1 Å². The van der Waals surface area contributed by atoms with Crippen molar-refractivity contribution in [1.29, 1.82) is 0 Å². The van der Waals surface area contributed by atoms with Gasteiger partial charge in [0.25, 0.3) is 0 Å². The van der Waals surface area contributed by atoms with E-state index in [1.807, 2.05) is 0 Å². The quantitative estimate of drug-likeness (QED) is 0.785. The predicted molar refractivity (Wildman–Crippen MR) is 78.2 cm³/mol. The molecular formula is C14H22BrFN2. The first-order valence-corrected chi connectivity index (χ1v) is 7.07. The molecule has 2 N–H and O–H groups in total. The van der Waals surface area contributed by atoms with Crippen molar-refractivity contribution in [2.75, 3.05) is 13.1 Å². The van der Waals surface area contributed by atoms with Gasteiger partial charge in [0.15, 0.2) is 0 Å². The van der Waals surface area contributed by atoms with Crippen molar-refractivity contribution in [2.24, 2.45) is 0 Å². The molecule has 0 saturated heterocycles. The topological polar surface area (TPSA) is 24.1 Å². The number of nitrogens with one attached hydrogen (secondary N) is 2. The molecule has 1 rings (SSSR count). The summed E-state index contributed by atoms with van der Waals surface area (Å²) in [5.41, 5.74) is 1.13. The molecule has 0 fully saturated rings. The molecule has 4 heteroatoms. The summed E-state index contributed by atoms with van der Waals surface area (Å²) in [5, 5.41) is 6.75. The third-order valence-corrected chi connectivity index (χ3v) is 3.28. The van der Waals surface area contributed by atoms with Crippen LogP contribution in [-0.4, -0.2) is 18.6 Å². The Kier molecular flexibility index (Phi) is 6.26. The van der Waals surface area contributed by atoms with Gasteiger partial charge in [-0.25, -0.2) is 4.39 Å². The molecule has 0 radical (unpaired) electrons. The Morgan fingerprint density at radius 2 is 1.94 bits per heavy atom. The first-order valence-electron chi connectivity index (χ1n) is 6.28. The maximum Gasteiger partial charge on any atom is 0.123 e. The van der Waals surface area contributed by atoms with E-state index in [2.05, 4.69) is 47.3 Å². The molecule has 2 nitrogen and oxygen atoms in total. The van der Waals surface area contributed by atoms with Crippen molar-refractivity contribution in [3.63, 3.8) is 0 Å². The highest BCUT2D eigenvalue weighted by atomic mass is 79.9. The van der Waals surface area contributed by atoms with Crippen molar-refractivity contribution in [3.8, 4) is 0 Å². The largest absolute Gasteiger partial charge is 0.313 e. The lowest BCUT2D eigenvalue weighted by atomic mass is 10.1. The number of halogens is 2. The monoisotopic (exact) mass is 316 g/mol. The molecule has 0 aliphatic rings. The molecule has 0 aromatic heterocycles. The van der Waals surface area contributed by atoms with Crippen molar-refractivity contribution >= 4 is 15.9 Å². The van der Waals surface area contributed by atoms with Crippen LogP contribution in [0.4, 0.5) is 4.39 Å². The zero-order chi connectivity index (χ0) is 13.6. The second-order valence-corrected chi connectivity index (χ2v) is 6.30. The lowest BCUT2D eigenvalue weighted by molar-refractivity contribution is 0.418. The molecule has 102 valence electrons. The summed E-state index contributed by atoms with van der Waals surface area (Å²) in [6.07, 6.45) is 1.06. The van der Waals surface area contributed by atoms with Gasteiger partial charge in [-0.15, -0.1) is 0 Å². The zero-order valence-corrected chi connectivity index (χ0v) is 12.9. The van der Waals surface area contributed by atoms with Gasteiger partial charge < -0.3 is 10.6 Å². The highest BCUT2D eigenvalue weighted by molar-refractivity contribution is 9.10. The minimum Gasteiger partial charge on any atom is -0.313 e. The Hall–Kier alpha value is -0.450. The molecule has 0 saturated carbocycles. The number of hydrogen-bond acceptors (Lipinski definition) is 2. The summed E-state index contributed by atoms with van der Waals surface area (Å²) in [7, 11) is 0. The van der Waals surface area contributed by atoms with Crippen LogP contribution >= 0.6 is 15.9 Å². The van der Waals surface area contributed by atoms with E-state index < -0.39 is 0 Å². The van der Waals surface area contributed by atoms with Crippen molar-refractivity contribution < 1.29 is 4.39 Å². The molecule has 0 spiro atoms. The van der Waals surface area contributed by atoms with Gasteiger partial charge in [0.2, 0.25) is 0 Å². The van der Waals surface area contributed by atoms with Gasteiger partial charge in [0, 0.05) is 16.6 Å². The molecule has 0 atom stereocenters. The van der Waals surface area contributed by atoms with Crippen LogP contribution in [0.25, 0.3) is 0 Å². The highest BCUT2D eigenvalue weighted by Crippen LogP contribution is 2.17. The second kappa shape index (κ2) is 7.22. The highest BCUT2D eigenvalue weighted by Gasteiger charge is 2.07. The Morgan fingerprint density at radius 1 is 1.22 bits per heavy atom. The number of benzene rings is 1. The predicted octanol–water partition coefficient (Wildman–Crippen LogP) is 3.46. The van der Waals surface area contributed by atoms with Crippen LogP contribution in [0.1, 0.15) is 32.8 Å². The van der Waals surface area contributed by atoms with Crippen LogP contribution in [0, 0.1) is 5.82 Å². The van der Waals surface area contributed by atoms with Crippen LogP contribution < -0.4 is 10.6 Å². The fourth-order valence-corrected chi connectivity index (χ4v) is 1.97. The average Bonchev–Trinajstić information content (AvgIpc) is 2.26. The number of hydrogen-bond donors (Lipinski definition) is 2. The second-order valence-electron chi connectivity index (χ2n) is 5.44. The molecule has 0 aliphatic carbocycles. The zero-order valence-electron chi connectivity index (χ0n) is 11.3. The van der Waals surface area contributed by atoms with E-state index in [1.165, 1.54) is 6.07 Å². The molecule has 0 bridgehead atoms. The first-order chi connectivity index (χ1) is 8.38. The summed E-state index contributed by atoms with van der Waals surface area (Å²) in [5.74, 6) is -0.190. The summed E-state index contributed by atoms with van der Waals surface area (Å²) in [6.45, 7) is 9.07. The Bertz CT molecular complexity index is 375. The fourth-order valence-electron chi connectivity index (χ4n) is 1.58. The van der Waals surface area contributed by atoms with E-state index in [-0.39, 0.29) is 11.4 Å². The van der Waals surface area contributed by atoms with Crippen molar-refractivity contribution in [3.05, 3.63) is 34.1 Å². The third kappa shape index (κ3) is 6.47. The molecule has 0 heterocycles. The molecule has 0 aliphatic heterocycles. The molecule has 18 heavy (non-hydrogen) atoms. The Balaban J connectivity index is 2.20. The van der Waals surface area contributed by atoms with Gasteiger partial charge in [-0.05, 0) is 64.0 Å². The van der Waals surface area contributed by atoms with E-state index >= 15 is 0 Å². The molecule has 0 unspecified atom stereocenters. The maximum absolute atomic E-state index is 13.0. The van der Waals surface area contributed by atoms with E-state index in [0.29, 0.717) is 6.54 Å². The summed E-state index contributed by atoms with van der Waals surface area (Å²) in [6, 6.07) is 4.76. The Morgan fingerprint density at radius 3 is 2.61 bits per heavy atom. The summed E-state index contributed by atoms with van der Waals surface area (Å²) in [4.78, 5) is 0. The van der Waals surface area contributed by atoms with Crippen LogP contribution in [-0.2, 0) is 6.54 Å². The fraction of sp³-hybridized carbons (Fsp3) is 0.571. The van der Waals surface area contributed by atoms with E-state index in [4.69, 9.17) is 0 Å². The van der Waals surface area contributed by atoms with Crippen LogP contribution in [0.15, 0.2) is 22.7 Å². The molecule has 1 aromatic rings. The van der Waals surface area contributed by atoms with Gasteiger partial charge in [-0.3, -0.25) is 0 Å². The third-order valence-electron chi connectivity index (χ3n) is 2.51. The average molecular weight is 317 g/mol. The van der Waals surface area contributed by atoms with Gasteiger partial charge in [0.05, 0.1) is 0 Å². The molecule has 1 aromatic carbocycles. The maximum atomic E-state index is 13.0. The summed E-state index contributed by atoms with van der Waals surface area (Å²) >= 11 is 3.42. The van der Waals surface area contributed by atoms with Crippen LogP contribution in [0.5, 0.6) is 0 Å². The van der Waals surface area contributed by atoms with Gasteiger partial charge in [-0.1, -0.05) is 15.9 Å². The van der Waals surface area contributed by atoms with Gasteiger partial charge in [-0.2, -0.15) is 0 Å². The normalized spacial score (nSPS) is 11.8. The van der Waals surface area contributed by atoms with E-state index in [9.17, 15) is 4.39 Å². The Labute approximate surface area is 117 Å². The molecule has 0 amide bonds. The standard InChI is InChI=1S/C14H22BrFN2/c1-14(2,3)18-8-4-7-17-10-11-9-12(16)5-6-13(11)15/h5-6,9,17-18H,4,7-8,10H2,1-3H3. The molecular weight excluding hydrogens is 295 g/mol. The van der Waals surface area contributed by atoms with Gasteiger partial charge >= 0.3 is 0 Å².